The summed E-state index contributed by atoms with van der Waals surface area (Å²) in [7, 11) is 1.79. The van der Waals surface area contributed by atoms with Gasteiger partial charge < -0.3 is 5.11 Å². The van der Waals surface area contributed by atoms with E-state index in [-0.39, 0.29) is 12.2 Å². The van der Waals surface area contributed by atoms with E-state index in [9.17, 15) is 9.50 Å². The number of hydrogen-bond acceptors (Lipinski definition) is 2. The van der Waals surface area contributed by atoms with E-state index in [4.69, 9.17) is 0 Å². The number of rotatable bonds is 3. The number of hydrogen-bond donors (Lipinski definition) is 1. The zero-order valence-corrected chi connectivity index (χ0v) is 11.8. The molecule has 18 heavy (non-hydrogen) atoms. The summed E-state index contributed by atoms with van der Waals surface area (Å²) in [6, 6.07) is 4.72. The summed E-state index contributed by atoms with van der Waals surface area (Å²) in [6.45, 7) is 1.83. The maximum atomic E-state index is 13.6. The van der Waals surface area contributed by atoms with Crippen LogP contribution in [0.4, 0.5) is 4.39 Å². The molecule has 0 aliphatic heterocycles. The Morgan fingerprint density at radius 1 is 1.50 bits per heavy atom. The molecule has 1 aromatic heterocycles. The van der Waals surface area contributed by atoms with Crippen LogP contribution in [0.15, 0.2) is 28.9 Å². The van der Waals surface area contributed by atoms with Gasteiger partial charge in [-0.3, -0.25) is 4.68 Å². The number of aliphatic hydroxyl groups excluding tert-OH is 1. The summed E-state index contributed by atoms with van der Waals surface area (Å²) in [5.41, 5.74) is 1.98. The molecule has 96 valence electrons. The van der Waals surface area contributed by atoms with Crippen molar-refractivity contribution in [3.8, 4) is 0 Å². The molecule has 0 aliphatic carbocycles. The third kappa shape index (κ3) is 2.79. The van der Waals surface area contributed by atoms with Crippen LogP contribution in [0.1, 0.15) is 22.9 Å². The summed E-state index contributed by atoms with van der Waals surface area (Å²) in [5, 5.41) is 14.3. The highest BCUT2D eigenvalue weighted by Gasteiger charge is 2.16. The molecule has 1 unspecified atom stereocenters. The fourth-order valence-corrected chi connectivity index (χ4v) is 2.37. The molecule has 1 aromatic carbocycles. The molecule has 1 atom stereocenters. The topological polar surface area (TPSA) is 38.0 Å². The van der Waals surface area contributed by atoms with Gasteiger partial charge in [-0.15, -0.1) is 0 Å². The monoisotopic (exact) mass is 312 g/mol. The van der Waals surface area contributed by atoms with E-state index in [0.717, 1.165) is 15.7 Å². The Bertz CT molecular complexity index is 568. The van der Waals surface area contributed by atoms with Crippen LogP contribution < -0.4 is 0 Å². The van der Waals surface area contributed by atoms with Crippen molar-refractivity contribution in [1.82, 2.24) is 9.78 Å². The first-order valence-electron chi connectivity index (χ1n) is 5.59. The van der Waals surface area contributed by atoms with Gasteiger partial charge in [0.25, 0.3) is 0 Å². The molecule has 0 saturated carbocycles. The first-order valence-corrected chi connectivity index (χ1v) is 6.39. The highest BCUT2D eigenvalue weighted by molar-refractivity contribution is 9.10. The van der Waals surface area contributed by atoms with Crippen LogP contribution in [0, 0.1) is 12.7 Å². The van der Waals surface area contributed by atoms with Gasteiger partial charge >= 0.3 is 0 Å². The van der Waals surface area contributed by atoms with Crippen LogP contribution >= 0.6 is 15.9 Å². The third-order valence-corrected chi connectivity index (χ3v) is 3.32. The van der Waals surface area contributed by atoms with Gasteiger partial charge in [0, 0.05) is 29.7 Å². The molecular weight excluding hydrogens is 299 g/mol. The molecule has 0 spiro atoms. The van der Waals surface area contributed by atoms with E-state index in [1.807, 2.05) is 6.92 Å². The molecule has 0 saturated heterocycles. The van der Waals surface area contributed by atoms with Crippen LogP contribution in [0.2, 0.25) is 0 Å². The van der Waals surface area contributed by atoms with Crippen molar-refractivity contribution < 1.29 is 9.50 Å². The number of nitrogens with zero attached hydrogens (tertiary/aromatic N) is 2. The van der Waals surface area contributed by atoms with E-state index in [1.165, 1.54) is 6.07 Å². The molecular formula is C13H14BrFN2O. The summed E-state index contributed by atoms with van der Waals surface area (Å²) in [4.78, 5) is 0. The second-order valence-corrected chi connectivity index (χ2v) is 5.21. The predicted octanol–water partition coefficient (Wildman–Crippen LogP) is 2.91. The fourth-order valence-electron chi connectivity index (χ4n) is 1.96. The molecule has 1 heterocycles. The summed E-state index contributed by atoms with van der Waals surface area (Å²) in [6.07, 6.45) is 1.25. The highest BCUT2D eigenvalue weighted by Crippen LogP contribution is 2.24. The smallest absolute Gasteiger partial charge is 0.126 e. The van der Waals surface area contributed by atoms with Crippen molar-refractivity contribution in [3.05, 3.63) is 51.5 Å². The highest BCUT2D eigenvalue weighted by atomic mass is 79.9. The Labute approximate surface area is 113 Å². The minimum absolute atomic E-state index is 0.234. The number of aromatic nitrogens is 2. The zero-order valence-electron chi connectivity index (χ0n) is 10.2. The third-order valence-electron chi connectivity index (χ3n) is 2.83. The van der Waals surface area contributed by atoms with Gasteiger partial charge in [0.1, 0.15) is 5.82 Å². The molecule has 0 radical (unpaired) electrons. The summed E-state index contributed by atoms with van der Waals surface area (Å²) in [5.74, 6) is -0.307. The van der Waals surface area contributed by atoms with Crippen LogP contribution in [0.25, 0.3) is 0 Å². The van der Waals surface area contributed by atoms with E-state index < -0.39 is 6.10 Å². The Morgan fingerprint density at radius 2 is 2.22 bits per heavy atom. The second-order valence-electron chi connectivity index (χ2n) is 4.30. The van der Waals surface area contributed by atoms with Gasteiger partial charge in [0.15, 0.2) is 0 Å². The Kier molecular flexibility index (Phi) is 3.82. The van der Waals surface area contributed by atoms with Gasteiger partial charge in [-0.05, 0) is 30.7 Å². The van der Waals surface area contributed by atoms with E-state index in [0.29, 0.717) is 5.56 Å². The normalized spacial score (nSPS) is 12.7. The molecule has 5 heteroatoms. The van der Waals surface area contributed by atoms with Crippen molar-refractivity contribution in [2.75, 3.05) is 0 Å². The number of benzene rings is 1. The first kappa shape index (κ1) is 13.2. The molecule has 0 fully saturated rings. The minimum Gasteiger partial charge on any atom is -0.388 e. The molecule has 0 amide bonds. The SMILES string of the molecule is Cc1nn(C)cc1C(O)Cc1cc(Br)ccc1F. The fraction of sp³-hybridized carbons (Fsp3) is 0.308. The standard InChI is InChI=1S/C13H14BrFN2O/c1-8-11(7-17(2)16-8)13(18)6-9-5-10(14)3-4-12(9)15/h3-5,7,13,18H,6H2,1-2H3. The predicted molar refractivity (Wildman–Crippen MR) is 70.7 cm³/mol. The van der Waals surface area contributed by atoms with Crippen LogP contribution in [-0.2, 0) is 13.5 Å². The van der Waals surface area contributed by atoms with E-state index in [2.05, 4.69) is 21.0 Å². The Hall–Kier alpha value is -1.20. The average Bonchev–Trinajstić information content (AvgIpc) is 2.63. The maximum absolute atomic E-state index is 13.6. The Morgan fingerprint density at radius 3 is 2.83 bits per heavy atom. The number of halogens is 2. The lowest BCUT2D eigenvalue weighted by Gasteiger charge is -2.10. The summed E-state index contributed by atoms with van der Waals surface area (Å²) >= 11 is 3.30. The van der Waals surface area contributed by atoms with Gasteiger partial charge in [0.05, 0.1) is 11.8 Å². The Balaban J connectivity index is 2.23. The van der Waals surface area contributed by atoms with E-state index >= 15 is 0 Å². The van der Waals surface area contributed by atoms with Gasteiger partial charge in [-0.25, -0.2) is 4.39 Å². The minimum atomic E-state index is -0.748. The lowest BCUT2D eigenvalue weighted by Crippen LogP contribution is -2.04. The first-order chi connectivity index (χ1) is 8.47. The van der Waals surface area contributed by atoms with Crippen molar-refractivity contribution in [3.63, 3.8) is 0 Å². The second kappa shape index (κ2) is 5.20. The maximum Gasteiger partial charge on any atom is 0.126 e. The molecule has 2 aromatic rings. The quantitative estimate of drug-likeness (QED) is 0.946. The molecule has 0 aliphatic rings. The van der Waals surface area contributed by atoms with Crippen molar-refractivity contribution >= 4 is 15.9 Å². The average molecular weight is 313 g/mol. The van der Waals surface area contributed by atoms with Crippen LogP contribution in [0.3, 0.4) is 0 Å². The van der Waals surface area contributed by atoms with Crippen molar-refractivity contribution in [2.45, 2.75) is 19.4 Å². The number of aliphatic hydroxyl groups is 1. The van der Waals surface area contributed by atoms with Gasteiger partial charge in [0.2, 0.25) is 0 Å². The van der Waals surface area contributed by atoms with E-state index in [1.54, 1.807) is 30.1 Å². The number of aryl methyl sites for hydroxylation is 2. The molecule has 2 rings (SSSR count). The van der Waals surface area contributed by atoms with Crippen molar-refractivity contribution in [2.24, 2.45) is 7.05 Å². The van der Waals surface area contributed by atoms with Gasteiger partial charge in [-0.2, -0.15) is 5.10 Å². The van der Waals surface area contributed by atoms with Crippen molar-refractivity contribution in [1.29, 1.82) is 0 Å². The zero-order chi connectivity index (χ0) is 13.3. The summed E-state index contributed by atoms with van der Waals surface area (Å²) < 4.78 is 16.0. The lowest BCUT2D eigenvalue weighted by atomic mass is 10.0. The molecule has 0 bridgehead atoms. The van der Waals surface area contributed by atoms with Gasteiger partial charge in [-0.1, -0.05) is 15.9 Å². The van der Waals surface area contributed by atoms with Crippen LogP contribution in [-0.4, -0.2) is 14.9 Å². The van der Waals surface area contributed by atoms with Crippen LogP contribution in [0.5, 0.6) is 0 Å². The molecule has 3 nitrogen and oxygen atoms in total. The largest absolute Gasteiger partial charge is 0.388 e. The lowest BCUT2D eigenvalue weighted by molar-refractivity contribution is 0.176. The molecule has 1 N–H and O–H groups in total.